The Bertz CT molecular complexity index is 486. The van der Waals surface area contributed by atoms with Crippen LogP contribution in [0.2, 0.25) is 0 Å². The third kappa shape index (κ3) is 1.75. The van der Waals surface area contributed by atoms with Gasteiger partial charge in [-0.15, -0.1) is 0 Å². The first-order chi connectivity index (χ1) is 7.84. The van der Waals surface area contributed by atoms with Gasteiger partial charge in [0.25, 0.3) is 0 Å². The maximum absolute atomic E-state index is 13.8. The fourth-order valence-corrected chi connectivity index (χ4v) is 2.18. The minimum atomic E-state index is -0.988. The van der Waals surface area contributed by atoms with Crippen molar-refractivity contribution in [2.24, 2.45) is 0 Å². The number of nitrogens with zero attached hydrogens (tertiary/aromatic N) is 1. The van der Waals surface area contributed by atoms with Gasteiger partial charge < -0.3 is 10.2 Å². The number of anilines is 2. The van der Waals surface area contributed by atoms with E-state index in [0.717, 1.165) is 6.07 Å². The highest BCUT2D eigenvalue weighted by atomic mass is 19.2. The lowest BCUT2D eigenvalue weighted by atomic mass is 9.97. The minimum absolute atomic E-state index is 0.00579. The molecule has 1 aromatic carbocycles. The van der Waals surface area contributed by atoms with Crippen molar-refractivity contribution in [1.82, 2.24) is 0 Å². The van der Waals surface area contributed by atoms with Crippen molar-refractivity contribution >= 4 is 17.3 Å². The van der Waals surface area contributed by atoms with Crippen LogP contribution in [0.4, 0.5) is 20.2 Å². The molecule has 1 N–H and O–H groups in total. The minimum Gasteiger partial charge on any atom is -0.381 e. The summed E-state index contributed by atoms with van der Waals surface area (Å²) >= 11 is 0. The first-order valence-corrected chi connectivity index (χ1v) is 5.37. The fourth-order valence-electron chi connectivity index (χ4n) is 2.18. The molecule has 1 aromatic rings. The average Bonchev–Trinajstić information content (AvgIpc) is 2.22. The maximum atomic E-state index is 13.8. The van der Waals surface area contributed by atoms with E-state index in [1.807, 2.05) is 0 Å². The van der Waals surface area contributed by atoms with Crippen LogP contribution in [0.25, 0.3) is 0 Å². The summed E-state index contributed by atoms with van der Waals surface area (Å²) in [4.78, 5) is 13.0. The van der Waals surface area contributed by atoms with Crippen LogP contribution < -0.4 is 10.2 Å². The molecule has 0 saturated carbocycles. The predicted octanol–water partition coefficient (Wildman–Crippen LogP) is 2.52. The second-order valence-electron chi connectivity index (χ2n) is 4.78. The van der Waals surface area contributed by atoms with Crippen molar-refractivity contribution in [3.63, 3.8) is 0 Å². The summed E-state index contributed by atoms with van der Waals surface area (Å²) in [7, 11) is 0. The predicted molar refractivity (Wildman–Crippen MR) is 62.1 cm³/mol. The molecule has 0 saturated heterocycles. The molecule has 1 aliphatic heterocycles. The molecule has 1 amide bonds. The standard InChI is InChI=1S/C12H14F2N2O/c1-7(17)16-11-9(15-6-12(16,2)3)5-4-8(13)10(11)14/h4-5,15H,6H2,1-3H3. The number of fused-ring (bicyclic) bond motifs is 1. The molecule has 0 radical (unpaired) electrons. The van der Waals surface area contributed by atoms with Crippen molar-refractivity contribution in [1.29, 1.82) is 0 Å². The maximum Gasteiger partial charge on any atom is 0.224 e. The first-order valence-electron chi connectivity index (χ1n) is 5.37. The van der Waals surface area contributed by atoms with E-state index >= 15 is 0 Å². The van der Waals surface area contributed by atoms with Gasteiger partial charge in [-0.25, -0.2) is 8.78 Å². The lowest BCUT2D eigenvalue weighted by Gasteiger charge is -2.43. The molecule has 0 unspecified atom stereocenters. The van der Waals surface area contributed by atoms with E-state index < -0.39 is 17.2 Å². The number of halogens is 2. The Kier molecular flexibility index (Phi) is 2.56. The van der Waals surface area contributed by atoms with E-state index in [0.29, 0.717) is 12.2 Å². The highest BCUT2D eigenvalue weighted by Gasteiger charge is 2.38. The van der Waals surface area contributed by atoms with Crippen molar-refractivity contribution in [2.75, 3.05) is 16.8 Å². The number of hydrogen-bond donors (Lipinski definition) is 1. The molecular formula is C12H14F2N2O. The highest BCUT2D eigenvalue weighted by Crippen LogP contribution is 2.39. The van der Waals surface area contributed by atoms with Crippen molar-refractivity contribution < 1.29 is 13.6 Å². The van der Waals surface area contributed by atoms with Crippen LogP contribution >= 0.6 is 0 Å². The zero-order valence-corrected chi connectivity index (χ0v) is 9.97. The van der Waals surface area contributed by atoms with Gasteiger partial charge in [-0.2, -0.15) is 0 Å². The van der Waals surface area contributed by atoms with Gasteiger partial charge >= 0.3 is 0 Å². The van der Waals surface area contributed by atoms with E-state index in [9.17, 15) is 13.6 Å². The SMILES string of the molecule is CC(=O)N1c2c(ccc(F)c2F)NCC1(C)C. The average molecular weight is 240 g/mol. The molecule has 0 fully saturated rings. The summed E-state index contributed by atoms with van der Waals surface area (Å²) in [5, 5.41) is 3.01. The molecule has 92 valence electrons. The van der Waals surface area contributed by atoms with Crippen LogP contribution in [0.15, 0.2) is 12.1 Å². The van der Waals surface area contributed by atoms with E-state index in [1.165, 1.54) is 17.9 Å². The lowest BCUT2D eigenvalue weighted by molar-refractivity contribution is -0.117. The number of hydrogen-bond acceptors (Lipinski definition) is 2. The number of rotatable bonds is 0. The number of benzene rings is 1. The van der Waals surface area contributed by atoms with Gasteiger partial charge in [-0.3, -0.25) is 4.79 Å². The second-order valence-corrected chi connectivity index (χ2v) is 4.78. The zero-order chi connectivity index (χ0) is 12.8. The number of amides is 1. The Morgan fingerprint density at radius 1 is 1.41 bits per heavy atom. The Morgan fingerprint density at radius 2 is 2.06 bits per heavy atom. The summed E-state index contributed by atoms with van der Waals surface area (Å²) in [5.74, 6) is -2.24. The molecule has 1 aliphatic rings. The summed E-state index contributed by atoms with van der Waals surface area (Å²) in [5.41, 5.74) is -0.153. The molecule has 0 aliphatic carbocycles. The summed E-state index contributed by atoms with van der Waals surface area (Å²) in [6.45, 7) is 5.44. The quantitative estimate of drug-likeness (QED) is 0.755. The molecule has 0 bridgehead atoms. The third-order valence-electron chi connectivity index (χ3n) is 2.92. The van der Waals surface area contributed by atoms with Crippen LogP contribution in [-0.4, -0.2) is 18.0 Å². The van der Waals surface area contributed by atoms with E-state index in [4.69, 9.17) is 0 Å². The van der Waals surface area contributed by atoms with E-state index in [-0.39, 0.29) is 11.6 Å². The molecular weight excluding hydrogens is 226 g/mol. The van der Waals surface area contributed by atoms with Gasteiger partial charge in [-0.1, -0.05) is 0 Å². The summed E-state index contributed by atoms with van der Waals surface area (Å²) < 4.78 is 27.1. The number of nitrogens with one attached hydrogen (secondary N) is 1. The molecule has 0 spiro atoms. The largest absolute Gasteiger partial charge is 0.381 e. The topological polar surface area (TPSA) is 32.3 Å². The molecule has 2 rings (SSSR count). The fraction of sp³-hybridized carbons (Fsp3) is 0.417. The smallest absolute Gasteiger partial charge is 0.224 e. The Hall–Kier alpha value is -1.65. The Labute approximate surface area is 98.4 Å². The van der Waals surface area contributed by atoms with Gasteiger partial charge in [-0.05, 0) is 26.0 Å². The van der Waals surface area contributed by atoms with Gasteiger partial charge in [0.15, 0.2) is 11.6 Å². The lowest BCUT2D eigenvalue weighted by Crippen LogP contribution is -2.54. The Morgan fingerprint density at radius 3 is 2.65 bits per heavy atom. The van der Waals surface area contributed by atoms with Gasteiger partial charge in [0.1, 0.15) is 5.69 Å². The second kappa shape index (κ2) is 3.68. The molecule has 17 heavy (non-hydrogen) atoms. The van der Waals surface area contributed by atoms with Crippen LogP contribution in [0.1, 0.15) is 20.8 Å². The van der Waals surface area contributed by atoms with Crippen molar-refractivity contribution in [3.05, 3.63) is 23.8 Å². The number of carbonyl (C=O) groups is 1. The highest BCUT2D eigenvalue weighted by molar-refractivity contribution is 5.98. The third-order valence-corrected chi connectivity index (χ3v) is 2.92. The first kappa shape index (κ1) is 11.8. The molecule has 0 atom stereocenters. The monoisotopic (exact) mass is 240 g/mol. The van der Waals surface area contributed by atoms with Gasteiger partial charge in [0.05, 0.1) is 11.2 Å². The van der Waals surface area contributed by atoms with Crippen LogP contribution in [-0.2, 0) is 4.79 Å². The van der Waals surface area contributed by atoms with Crippen molar-refractivity contribution in [3.8, 4) is 0 Å². The van der Waals surface area contributed by atoms with Crippen LogP contribution in [0.5, 0.6) is 0 Å². The van der Waals surface area contributed by atoms with Gasteiger partial charge in [0.2, 0.25) is 5.91 Å². The summed E-state index contributed by atoms with van der Waals surface area (Å²) in [6, 6.07) is 2.50. The van der Waals surface area contributed by atoms with Gasteiger partial charge in [0, 0.05) is 13.5 Å². The van der Waals surface area contributed by atoms with Crippen LogP contribution in [0, 0.1) is 11.6 Å². The number of carbonyl (C=O) groups excluding carboxylic acids is 1. The molecule has 0 aromatic heterocycles. The van der Waals surface area contributed by atoms with E-state index in [1.54, 1.807) is 13.8 Å². The molecule has 5 heteroatoms. The normalized spacial score (nSPS) is 17.4. The zero-order valence-electron chi connectivity index (χ0n) is 9.97. The van der Waals surface area contributed by atoms with Crippen LogP contribution in [0.3, 0.4) is 0 Å². The Balaban J connectivity index is 2.67. The van der Waals surface area contributed by atoms with E-state index in [2.05, 4.69) is 5.32 Å². The molecule has 3 nitrogen and oxygen atoms in total. The summed E-state index contributed by atoms with van der Waals surface area (Å²) in [6.07, 6.45) is 0. The molecule has 1 heterocycles. The van der Waals surface area contributed by atoms with Crippen molar-refractivity contribution in [2.45, 2.75) is 26.3 Å².